The molecule has 0 aromatic rings. The number of nitrogens with two attached hydrogens (primary N) is 1. The van der Waals surface area contributed by atoms with Gasteiger partial charge in [0.2, 0.25) is 0 Å². The Morgan fingerprint density at radius 2 is 1.86 bits per heavy atom. The number of ketones is 1. The molecule has 2 bridgehead atoms. The molecule has 204 valence electrons. The first-order valence-electron chi connectivity index (χ1n) is 14.0. The second-order valence-electron chi connectivity index (χ2n) is 12.9. The number of esters is 1. The van der Waals surface area contributed by atoms with Crippen molar-refractivity contribution in [2.24, 2.45) is 39.7 Å². The number of carbonyl (C=O) groups excluding carboxylic acids is 2. The summed E-state index contributed by atoms with van der Waals surface area (Å²) in [4.78, 5) is 26.8. The van der Waals surface area contributed by atoms with Crippen LogP contribution >= 0.6 is 11.8 Å². The van der Waals surface area contributed by atoms with Gasteiger partial charge in [0.15, 0.2) is 0 Å². The van der Waals surface area contributed by atoms with Crippen molar-refractivity contribution in [3.05, 3.63) is 12.7 Å². The van der Waals surface area contributed by atoms with Gasteiger partial charge in [-0.2, -0.15) is 0 Å². The summed E-state index contributed by atoms with van der Waals surface area (Å²) in [5, 5.41) is 22.1. The lowest BCUT2D eigenvalue weighted by Crippen LogP contribution is -2.63. The Labute approximate surface area is 221 Å². The summed E-state index contributed by atoms with van der Waals surface area (Å²) in [5.41, 5.74) is 4.68. The van der Waals surface area contributed by atoms with Crippen LogP contribution in [-0.4, -0.2) is 57.3 Å². The lowest BCUT2D eigenvalue weighted by Gasteiger charge is -2.61. The summed E-state index contributed by atoms with van der Waals surface area (Å²) in [5.74, 6) is 0.0621. The summed E-state index contributed by atoms with van der Waals surface area (Å²) in [6.07, 6.45) is 6.95. The predicted octanol–water partition coefficient (Wildman–Crippen LogP) is 4.26. The number of hydrogen-bond donors (Lipinski definition) is 3. The number of hydrogen-bond acceptors (Lipinski definition) is 7. The van der Waals surface area contributed by atoms with E-state index >= 15 is 0 Å². The molecule has 4 aliphatic carbocycles. The Kier molecular flexibility index (Phi) is 8.09. The lowest BCUT2D eigenvalue weighted by molar-refractivity contribution is -0.205. The van der Waals surface area contributed by atoms with Gasteiger partial charge in [0.05, 0.1) is 18.0 Å². The zero-order chi connectivity index (χ0) is 26.5. The maximum absolute atomic E-state index is 13.5. The molecule has 3 unspecified atom stereocenters. The molecule has 0 aromatic carbocycles. The second kappa shape index (κ2) is 10.3. The van der Waals surface area contributed by atoms with Crippen molar-refractivity contribution in [2.45, 2.75) is 115 Å². The Balaban J connectivity index is 1.61. The van der Waals surface area contributed by atoms with Crippen LogP contribution in [-0.2, 0) is 14.3 Å². The third kappa shape index (κ3) is 4.60. The minimum absolute atomic E-state index is 0.0298. The fraction of sp³-hybridized carbons (Fsp3) is 0.862. The molecule has 0 saturated heterocycles. The zero-order valence-electron chi connectivity index (χ0n) is 22.6. The molecule has 36 heavy (non-hydrogen) atoms. The number of ether oxygens (including phenoxy) is 1. The van der Waals surface area contributed by atoms with Crippen LogP contribution in [0.15, 0.2) is 12.7 Å². The summed E-state index contributed by atoms with van der Waals surface area (Å²) in [7, 11) is 0. The summed E-state index contributed by atoms with van der Waals surface area (Å²) in [6, 6.07) is 0.106. The number of rotatable bonds is 5. The number of aliphatic hydroxyl groups excluding tert-OH is 2. The van der Waals surface area contributed by atoms with Gasteiger partial charge in [-0.15, -0.1) is 18.3 Å². The quantitative estimate of drug-likeness (QED) is 0.282. The van der Waals surface area contributed by atoms with E-state index in [1.54, 1.807) is 0 Å². The largest absolute Gasteiger partial charge is 0.461 e. The van der Waals surface area contributed by atoms with Gasteiger partial charge in [0.1, 0.15) is 11.9 Å². The third-order valence-electron chi connectivity index (χ3n) is 11.1. The maximum Gasteiger partial charge on any atom is 0.316 e. The summed E-state index contributed by atoms with van der Waals surface area (Å²) in [6.45, 7) is 12.6. The summed E-state index contributed by atoms with van der Waals surface area (Å²) >= 11 is 1.46. The van der Waals surface area contributed by atoms with Crippen molar-refractivity contribution >= 4 is 23.5 Å². The monoisotopic (exact) mass is 521 g/mol. The molecular weight excluding hydrogens is 474 g/mol. The minimum Gasteiger partial charge on any atom is -0.461 e. The lowest BCUT2D eigenvalue weighted by atomic mass is 9.44. The van der Waals surface area contributed by atoms with Crippen molar-refractivity contribution < 1.29 is 24.5 Å². The summed E-state index contributed by atoms with van der Waals surface area (Å²) < 4.78 is 6.32. The molecule has 7 heteroatoms. The molecule has 0 radical (unpaired) electrons. The molecule has 4 aliphatic rings. The second-order valence-corrected chi connectivity index (χ2v) is 14.1. The first-order valence-corrected chi connectivity index (χ1v) is 15.0. The Hall–Kier alpha value is -0.890. The number of thioether (sulfide) groups is 1. The molecule has 11 atom stereocenters. The number of Topliss-reactive ketones (excluding diaryl/α,β-unsaturated/α-hetero) is 1. The highest BCUT2D eigenvalue weighted by atomic mass is 32.2. The van der Waals surface area contributed by atoms with Gasteiger partial charge in [0, 0.05) is 34.5 Å². The van der Waals surface area contributed by atoms with E-state index in [-0.39, 0.29) is 52.0 Å². The number of aliphatic hydroxyl groups is 2. The van der Waals surface area contributed by atoms with Crippen molar-refractivity contribution in [1.82, 2.24) is 0 Å². The van der Waals surface area contributed by atoms with Gasteiger partial charge in [0.25, 0.3) is 0 Å². The molecule has 4 fully saturated rings. The minimum atomic E-state index is -0.665. The molecule has 4 rings (SSSR count). The highest BCUT2D eigenvalue weighted by Gasteiger charge is 2.68. The molecule has 0 heterocycles. The molecule has 6 nitrogen and oxygen atoms in total. The zero-order valence-corrected chi connectivity index (χ0v) is 23.4. The van der Waals surface area contributed by atoms with E-state index in [2.05, 4.69) is 27.4 Å². The van der Waals surface area contributed by atoms with E-state index in [0.29, 0.717) is 19.3 Å². The predicted molar refractivity (Wildman–Crippen MR) is 143 cm³/mol. The van der Waals surface area contributed by atoms with Crippen LogP contribution in [0.1, 0.15) is 85.5 Å². The molecular formula is C29H47NO5S. The van der Waals surface area contributed by atoms with Crippen LogP contribution in [0.4, 0.5) is 0 Å². The van der Waals surface area contributed by atoms with Crippen molar-refractivity contribution in [1.29, 1.82) is 0 Å². The van der Waals surface area contributed by atoms with Crippen molar-refractivity contribution in [3.8, 4) is 0 Å². The van der Waals surface area contributed by atoms with Gasteiger partial charge in [-0.3, -0.25) is 9.59 Å². The van der Waals surface area contributed by atoms with Crippen molar-refractivity contribution in [2.75, 3.05) is 5.75 Å². The fourth-order valence-corrected chi connectivity index (χ4v) is 9.43. The van der Waals surface area contributed by atoms with Crippen LogP contribution in [0.25, 0.3) is 0 Å². The van der Waals surface area contributed by atoms with Crippen LogP contribution in [0, 0.1) is 34.0 Å². The highest BCUT2D eigenvalue weighted by Crippen LogP contribution is 2.68. The van der Waals surface area contributed by atoms with Gasteiger partial charge in [-0.1, -0.05) is 33.8 Å². The Morgan fingerprint density at radius 1 is 1.17 bits per heavy atom. The van der Waals surface area contributed by atoms with Crippen LogP contribution < -0.4 is 5.73 Å². The average molecular weight is 522 g/mol. The molecule has 0 amide bonds. The first kappa shape index (κ1) is 28.1. The normalized spacial score (nSPS) is 49.4. The Bertz CT molecular complexity index is 867. The van der Waals surface area contributed by atoms with E-state index in [1.165, 1.54) is 11.8 Å². The topological polar surface area (TPSA) is 110 Å². The third-order valence-corrected chi connectivity index (χ3v) is 12.5. The van der Waals surface area contributed by atoms with Gasteiger partial charge >= 0.3 is 5.97 Å². The molecule has 0 aromatic heterocycles. The molecule has 4 N–H and O–H groups in total. The average Bonchev–Trinajstić information content (AvgIpc) is 3.12. The van der Waals surface area contributed by atoms with E-state index in [1.807, 2.05) is 13.0 Å². The van der Waals surface area contributed by atoms with Gasteiger partial charge in [-0.05, 0) is 68.6 Å². The first-order chi connectivity index (χ1) is 16.9. The Morgan fingerprint density at radius 3 is 2.56 bits per heavy atom. The smallest absolute Gasteiger partial charge is 0.316 e. The van der Waals surface area contributed by atoms with Gasteiger partial charge < -0.3 is 20.7 Å². The number of carbonyl (C=O) groups is 2. The van der Waals surface area contributed by atoms with Gasteiger partial charge in [-0.25, -0.2) is 0 Å². The van der Waals surface area contributed by atoms with E-state index in [0.717, 1.165) is 38.5 Å². The standard InChI is InChI=1S/C29H47NO5S/c1-6-27(4)15-23(35-24(33)16-36-22-10-8-19(30)7-9-20(22)31)28(5)17(2)11-13-29(18(3)26(27)34)14-12-21(32)25(28)29/h6,17-20,22-23,25-26,31,34H,1,7-16,30H2,2-5H3/t17?,18-,19+,20+,22+,23+,25-,26?,27+,28-,29?/m0/s1. The van der Waals surface area contributed by atoms with E-state index < -0.39 is 29.1 Å². The maximum atomic E-state index is 13.5. The SMILES string of the molecule is C=C[C@]1(C)C[C@@H](OC(=O)CS[C@@H]2CC[C@H](N)CC[C@H]2O)[C@]2(C)C(C)CCC3(CCC(=O)[C@H]32)[C@@H](C)C1O. The van der Waals surface area contributed by atoms with Crippen LogP contribution in [0.5, 0.6) is 0 Å². The van der Waals surface area contributed by atoms with E-state index in [4.69, 9.17) is 10.5 Å². The molecule has 4 saturated carbocycles. The fourth-order valence-electron chi connectivity index (χ4n) is 8.35. The highest BCUT2D eigenvalue weighted by molar-refractivity contribution is 8.00. The molecule has 0 aliphatic heterocycles. The van der Waals surface area contributed by atoms with Crippen molar-refractivity contribution in [3.63, 3.8) is 0 Å². The molecule has 0 spiro atoms. The van der Waals surface area contributed by atoms with Crippen LogP contribution in [0.2, 0.25) is 0 Å². The van der Waals surface area contributed by atoms with Crippen LogP contribution in [0.3, 0.4) is 0 Å². The van der Waals surface area contributed by atoms with E-state index in [9.17, 15) is 19.8 Å².